The monoisotopic (exact) mass is 571 g/mol. The van der Waals surface area contributed by atoms with Crippen molar-refractivity contribution in [3.63, 3.8) is 0 Å². The van der Waals surface area contributed by atoms with Crippen molar-refractivity contribution in [3.8, 4) is 11.9 Å². The van der Waals surface area contributed by atoms with Gasteiger partial charge in [-0.25, -0.2) is 9.88 Å². The van der Waals surface area contributed by atoms with E-state index < -0.39 is 52.7 Å². The molecule has 4 heterocycles. The summed E-state index contributed by atoms with van der Waals surface area (Å²) in [6.07, 6.45) is -5.02. The molecular formula is C28H21ClF3N3O5. The third-order valence-electron chi connectivity index (χ3n) is 8.27. The number of carbonyl (C=O) groups is 2. The number of alkyl halides is 3. The first-order valence-corrected chi connectivity index (χ1v) is 12.8. The van der Waals surface area contributed by atoms with Crippen molar-refractivity contribution in [2.24, 2.45) is 11.8 Å². The molecule has 3 saturated heterocycles. The number of aliphatic hydroxyl groups excluding tert-OH is 1. The third kappa shape index (κ3) is 3.70. The Morgan fingerprint density at radius 3 is 2.65 bits per heavy atom. The average Bonchev–Trinajstić information content (AvgIpc) is 3.44. The molecule has 2 amide bonds. The van der Waals surface area contributed by atoms with Crippen LogP contribution in [-0.2, 0) is 20.5 Å². The van der Waals surface area contributed by atoms with Crippen LogP contribution in [0.3, 0.4) is 0 Å². The van der Waals surface area contributed by atoms with Gasteiger partial charge >= 0.3 is 6.18 Å². The van der Waals surface area contributed by atoms with Crippen molar-refractivity contribution in [3.05, 3.63) is 64.8 Å². The van der Waals surface area contributed by atoms with Crippen molar-refractivity contribution < 1.29 is 37.3 Å². The number of aliphatic hydroxyl groups is 1. The molecule has 1 aromatic heterocycles. The van der Waals surface area contributed by atoms with E-state index in [1.807, 2.05) is 12.1 Å². The van der Waals surface area contributed by atoms with E-state index in [1.165, 1.54) is 0 Å². The lowest BCUT2D eigenvalue weighted by Crippen LogP contribution is -2.49. The van der Waals surface area contributed by atoms with Gasteiger partial charge in [-0.2, -0.15) is 18.4 Å². The summed E-state index contributed by atoms with van der Waals surface area (Å²) in [5.41, 5.74) is -3.34. The molecule has 0 radical (unpaired) electrons. The number of halogens is 4. The van der Waals surface area contributed by atoms with E-state index in [0.717, 1.165) is 10.3 Å². The van der Waals surface area contributed by atoms with Crippen molar-refractivity contribution >= 4 is 39.9 Å². The molecule has 40 heavy (non-hydrogen) atoms. The van der Waals surface area contributed by atoms with Gasteiger partial charge in [0.05, 0.1) is 47.0 Å². The van der Waals surface area contributed by atoms with Gasteiger partial charge in [-0.05, 0) is 24.4 Å². The van der Waals surface area contributed by atoms with Crippen LogP contribution in [0.15, 0.2) is 48.7 Å². The fraction of sp³-hybridized carbons (Fsp3) is 0.357. The third-order valence-corrected chi connectivity index (χ3v) is 8.54. The number of imide groups is 1. The van der Waals surface area contributed by atoms with Crippen LogP contribution in [-0.4, -0.2) is 45.8 Å². The van der Waals surface area contributed by atoms with Gasteiger partial charge in [-0.1, -0.05) is 41.9 Å². The molecule has 6 rings (SSSR count). The molecule has 1 N–H and O–H groups in total. The number of fused-ring (bicyclic) bond motifs is 6. The summed E-state index contributed by atoms with van der Waals surface area (Å²) in [5, 5.41) is 21.9. The molecule has 3 aliphatic rings. The quantitative estimate of drug-likeness (QED) is 0.444. The van der Waals surface area contributed by atoms with Crippen molar-refractivity contribution in [1.29, 1.82) is 5.26 Å². The molecule has 3 fully saturated rings. The number of nitrogens with zero attached hydrogens (tertiary/aromatic N) is 3. The second-order valence-corrected chi connectivity index (χ2v) is 10.8. The van der Waals surface area contributed by atoms with Gasteiger partial charge < -0.3 is 14.6 Å². The summed E-state index contributed by atoms with van der Waals surface area (Å²) < 4.78 is 50.6. The Morgan fingerprint density at radius 2 is 1.95 bits per heavy atom. The summed E-state index contributed by atoms with van der Waals surface area (Å²) in [6, 6.07) is 13.2. The molecule has 12 heteroatoms. The Kier molecular flexibility index (Phi) is 5.89. The Morgan fingerprint density at radius 1 is 1.23 bits per heavy atom. The molecular weight excluding hydrogens is 551 g/mol. The second kappa shape index (κ2) is 8.89. The van der Waals surface area contributed by atoms with Gasteiger partial charge in [0.25, 0.3) is 0 Å². The summed E-state index contributed by atoms with van der Waals surface area (Å²) in [5.74, 6) is -3.32. The fourth-order valence-electron chi connectivity index (χ4n) is 6.43. The van der Waals surface area contributed by atoms with E-state index in [-0.39, 0.29) is 41.6 Å². The summed E-state index contributed by atoms with van der Waals surface area (Å²) in [6.45, 7) is 1.42. The molecule has 3 aromatic rings. The van der Waals surface area contributed by atoms with Gasteiger partial charge in [0.2, 0.25) is 17.7 Å². The minimum absolute atomic E-state index is 0.0233. The number of ether oxygens (including phenoxy) is 2. The first-order chi connectivity index (χ1) is 18.9. The molecule has 0 saturated carbocycles. The number of rotatable bonds is 5. The van der Waals surface area contributed by atoms with Crippen molar-refractivity contribution in [2.45, 2.75) is 43.2 Å². The van der Waals surface area contributed by atoms with E-state index >= 15 is 0 Å². The predicted octanol–water partition coefficient (Wildman–Crippen LogP) is 4.65. The SMILES string of the molecule is CC12OC(CCOc3ncc(C(F)(F)F)cc3Cl)(CC1O)C1C(=O)N(c3ccc4ccccc4c3C#N)C(=O)C12. The zero-order valence-electron chi connectivity index (χ0n) is 20.9. The first-order valence-electron chi connectivity index (χ1n) is 12.4. The van der Waals surface area contributed by atoms with Gasteiger partial charge in [0.15, 0.2) is 0 Å². The highest BCUT2D eigenvalue weighted by molar-refractivity contribution is 6.31. The van der Waals surface area contributed by atoms with Crippen LogP contribution in [0.2, 0.25) is 5.02 Å². The Labute approximate surface area is 230 Å². The second-order valence-electron chi connectivity index (χ2n) is 10.4. The smallest absolute Gasteiger partial charge is 0.417 e. The van der Waals surface area contributed by atoms with Crippen LogP contribution in [0.1, 0.15) is 30.9 Å². The standard InChI is InChI=1S/C28H21ClF3N3O5/c1-26-20(36)11-27(40-26,8-9-39-23-18(29)10-15(13-34-23)28(30,31)32)22-21(26)24(37)35(25(22)38)19-7-6-14-4-2-3-5-16(14)17(19)12-33/h2-7,10,13,20-22,36H,8-9,11H2,1H3. The van der Waals surface area contributed by atoms with Gasteiger partial charge in [0, 0.05) is 24.4 Å². The van der Waals surface area contributed by atoms with Gasteiger partial charge in [0.1, 0.15) is 16.7 Å². The lowest BCUT2D eigenvalue weighted by molar-refractivity contribution is -0.138. The highest BCUT2D eigenvalue weighted by atomic mass is 35.5. The highest BCUT2D eigenvalue weighted by Crippen LogP contribution is 2.62. The molecule has 5 atom stereocenters. The zero-order valence-corrected chi connectivity index (χ0v) is 21.7. The Balaban J connectivity index is 1.31. The van der Waals surface area contributed by atoms with Crippen LogP contribution < -0.4 is 9.64 Å². The van der Waals surface area contributed by atoms with Crippen LogP contribution in [0.5, 0.6) is 5.88 Å². The number of amides is 2. The number of nitriles is 1. The molecule has 8 nitrogen and oxygen atoms in total. The largest absolute Gasteiger partial charge is 0.476 e. The summed E-state index contributed by atoms with van der Waals surface area (Å²) in [7, 11) is 0. The minimum Gasteiger partial charge on any atom is -0.476 e. The van der Waals surface area contributed by atoms with E-state index in [1.54, 1.807) is 31.2 Å². The number of aromatic nitrogens is 1. The first kappa shape index (κ1) is 26.5. The number of carbonyl (C=O) groups excluding carboxylic acids is 2. The number of benzene rings is 2. The van der Waals surface area contributed by atoms with Gasteiger partial charge in [-0.3, -0.25) is 9.59 Å². The van der Waals surface area contributed by atoms with Crippen LogP contribution in [0.25, 0.3) is 10.8 Å². The summed E-state index contributed by atoms with van der Waals surface area (Å²) >= 11 is 5.95. The maximum atomic E-state index is 13.9. The van der Waals surface area contributed by atoms with Crippen molar-refractivity contribution in [1.82, 2.24) is 4.98 Å². The van der Waals surface area contributed by atoms with Crippen LogP contribution >= 0.6 is 11.6 Å². The lowest BCUT2D eigenvalue weighted by atomic mass is 9.66. The van der Waals surface area contributed by atoms with Crippen LogP contribution in [0.4, 0.5) is 18.9 Å². The molecule has 0 spiro atoms. The molecule has 0 aliphatic carbocycles. The molecule has 2 bridgehead atoms. The number of hydrogen-bond donors (Lipinski definition) is 1. The minimum atomic E-state index is -4.62. The molecule has 206 valence electrons. The maximum absolute atomic E-state index is 13.9. The van der Waals surface area contributed by atoms with Crippen LogP contribution in [0, 0.1) is 23.2 Å². The van der Waals surface area contributed by atoms with E-state index in [2.05, 4.69) is 11.1 Å². The Hall–Kier alpha value is -3.72. The molecule has 3 aliphatic heterocycles. The maximum Gasteiger partial charge on any atom is 0.417 e. The van der Waals surface area contributed by atoms with Gasteiger partial charge in [-0.15, -0.1) is 0 Å². The van der Waals surface area contributed by atoms with E-state index in [4.69, 9.17) is 21.1 Å². The zero-order chi connectivity index (χ0) is 28.6. The fourth-order valence-corrected chi connectivity index (χ4v) is 6.65. The van der Waals surface area contributed by atoms with Crippen molar-refractivity contribution in [2.75, 3.05) is 11.5 Å². The topological polar surface area (TPSA) is 113 Å². The van der Waals surface area contributed by atoms with E-state index in [0.29, 0.717) is 17.6 Å². The number of pyridine rings is 1. The predicted molar refractivity (Wildman–Crippen MR) is 135 cm³/mol. The Bertz CT molecular complexity index is 1620. The molecule has 5 unspecified atom stereocenters. The average molecular weight is 572 g/mol. The normalized spacial score (nSPS) is 29.2. The van der Waals surface area contributed by atoms with E-state index in [9.17, 15) is 33.1 Å². The summed E-state index contributed by atoms with van der Waals surface area (Å²) in [4.78, 5) is 32.4. The lowest BCUT2D eigenvalue weighted by Gasteiger charge is -2.33. The number of anilines is 1. The highest BCUT2D eigenvalue weighted by Gasteiger charge is 2.77. The molecule has 2 aromatic carbocycles. The number of hydrogen-bond acceptors (Lipinski definition) is 7.